The molecule has 0 fully saturated rings. The molecule has 0 aliphatic carbocycles. The van der Waals surface area contributed by atoms with E-state index in [9.17, 15) is 0 Å². The largest absolute Gasteiger partial charge is 0.296 e. The maximum absolute atomic E-state index is 6.26. The molecule has 1 nitrogen and oxygen atoms in total. The van der Waals surface area contributed by atoms with Gasteiger partial charge in [0.15, 0.2) is 0 Å². The van der Waals surface area contributed by atoms with Crippen molar-refractivity contribution >= 4 is 22.5 Å². The van der Waals surface area contributed by atoms with Crippen molar-refractivity contribution in [2.45, 2.75) is 0 Å². The van der Waals surface area contributed by atoms with E-state index in [0.717, 1.165) is 27.2 Å². The monoisotopic (exact) mass is 422 g/mol. The second-order valence-corrected chi connectivity index (χ2v) is 4.19. The first kappa shape index (κ1) is 13.3. The van der Waals surface area contributed by atoms with Gasteiger partial charge in [0.25, 0.3) is 0 Å². The number of halogens is 1. The van der Waals surface area contributed by atoms with Crippen molar-refractivity contribution < 1.29 is 21.1 Å². The minimum absolute atomic E-state index is 0. The number of para-hydroxylation sites is 1. The van der Waals surface area contributed by atoms with Gasteiger partial charge in [0.2, 0.25) is 0 Å². The van der Waals surface area contributed by atoms with Crippen molar-refractivity contribution in [3.05, 3.63) is 65.7 Å². The molecule has 0 saturated carbocycles. The third kappa shape index (κ3) is 2.48. The molecule has 0 bridgehead atoms. The number of hydrogen-bond acceptors (Lipinski definition) is 1. The van der Waals surface area contributed by atoms with Gasteiger partial charge >= 0.3 is 0 Å². The Hall–Kier alpha value is -1.17. The normalized spacial score (nSPS) is 10.1. The van der Waals surface area contributed by atoms with E-state index in [1.807, 2.05) is 54.6 Å². The summed E-state index contributed by atoms with van der Waals surface area (Å²) in [5.74, 6) is 0. The van der Waals surface area contributed by atoms with Gasteiger partial charge in [-0.25, -0.2) is 0 Å². The van der Waals surface area contributed by atoms with Gasteiger partial charge in [0.1, 0.15) is 0 Å². The summed E-state index contributed by atoms with van der Waals surface area (Å²) in [6, 6.07) is 20.7. The number of hydrogen-bond donors (Lipinski definition) is 0. The molecule has 0 N–H and O–H groups in total. The van der Waals surface area contributed by atoms with E-state index in [-0.39, 0.29) is 21.1 Å². The van der Waals surface area contributed by atoms with E-state index in [1.54, 1.807) is 0 Å². The summed E-state index contributed by atoms with van der Waals surface area (Å²) < 4.78 is 0. The van der Waals surface area contributed by atoms with E-state index >= 15 is 0 Å². The molecular weight excluding hydrogens is 413 g/mol. The topological polar surface area (TPSA) is 12.9 Å². The van der Waals surface area contributed by atoms with Crippen molar-refractivity contribution in [3.8, 4) is 11.3 Å². The SMILES string of the molecule is Clc1cc(-c2[c-]cccc2)nc2ccccc12.[W]. The molecule has 0 spiro atoms. The van der Waals surface area contributed by atoms with Crippen molar-refractivity contribution in [1.29, 1.82) is 0 Å². The average Bonchev–Trinajstić information content (AvgIpc) is 2.40. The van der Waals surface area contributed by atoms with Crippen molar-refractivity contribution in [2.75, 3.05) is 0 Å². The number of pyridine rings is 1. The Bertz CT molecular complexity index is 668. The summed E-state index contributed by atoms with van der Waals surface area (Å²) in [4.78, 5) is 4.59. The zero-order valence-electron chi connectivity index (χ0n) is 9.43. The van der Waals surface area contributed by atoms with Crippen LogP contribution < -0.4 is 0 Å². The molecule has 1 heterocycles. The van der Waals surface area contributed by atoms with E-state index in [1.165, 1.54) is 0 Å². The average molecular weight is 423 g/mol. The Balaban J connectivity index is 0.00000120. The molecule has 3 rings (SSSR count). The molecule has 0 atom stereocenters. The Morgan fingerprint density at radius 3 is 2.56 bits per heavy atom. The quantitative estimate of drug-likeness (QED) is 0.531. The van der Waals surface area contributed by atoms with E-state index in [0.29, 0.717) is 0 Å². The van der Waals surface area contributed by atoms with Crippen molar-refractivity contribution in [1.82, 2.24) is 4.98 Å². The second kappa shape index (κ2) is 5.65. The second-order valence-electron chi connectivity index (χ2n) is 3.78. The van der Waals surface area contributed by atoms with E-state index in [2.05, 4.69) is 11.1 Å². The van der Waals surface area contributed by atoms with Crippen LogP contribution in [0.2, 0.25) is 5.02 Å². The Kier molecular flexibility index (Phi) is 4.16. The van der Waals surface area contributed by atoms with E-state index < -0.39 is 0 Å². The fraction of sp³-hybridized carbons (Fsp3) is 0. The van der Waals surface area contributed by atoms with Crippen LogP contribution in [0.1, 0.15) is 0 Å². The van der Waals surface area contributed by atoms with Crippen LogP contribution in [0, 0.1) is 6.07 Å². The van der Waals surface area contributed by atoms with Crippen LogP contribution in [0.5, 0.6) is 0 Å². The summed E-state index contributed by atoms with van der Waals surface area (Å²) >= 11 is 6.26. The molecule has 3 aromatic rings. The molecule has 0 aliphatic heterocycles. The molecule has 0 unspecified atom stereocenters. The first-order chi connectivity index (χ1) is 8.34. The maximum Gasteiger partial charge on any atom is 0.0610 e. The molecule has 88 valence electrons. The molecule has 0 amide bonds. The molecular formula is C15H9ClNW-. The van der Waals surface area contributed by atoms with Gasteiger partial charge in [0, 0.05) is 31.5 Å². The standard InChI is InChI=1S/C15H9ClN.W/c16-13-10-15(11-6-2-1-3-7-11)17-14-9-5-4-8-12(13)14;/h1-6,8-10H;/q-1;. The first-order valence-electron chi connectivity index (χ1n) is 5.37. The predicted octanol–water partition coefficient (Wildman–Crippen LogP) is 4.35. The third-order valence-corrected chi connectivity index (χ3v) is 2.96. The zero-order valence-corrected chi connectivity index (χ0v) is 13.1. The van der Waals surface area contributed by atoms with Crippen LogP contribution in [0.15, 0.2) is 54.6 Å². The third-order valence-electron chi connectivity index (χ3n) is 2.65. The number of fused-ring (bicyclic) bond motifs is 1. The minimum Gasteiger partial charge on any atom is -0.296 e. The van der Waals surface area contributed by atoms with Gasteiger partial charge in [-0.15, -0.1) is 35.9 Å². The summed E-state index contributed by atoms with van der Waals surface area (Å²) in [6.45, 7) is 0. The fourth-order valence-corrected chi connectivity index (χ4v) is 2.09. The van der Waals surface area contributed by atoms with E-state index in [4.69, 9.17) is 11.6 Å². The first-order valence-corrected chi connectivity index (χ1v) is 5.75. The fourth-order valence-electron chi connectivity index (χ4n) is 1.82. The zero-order chi connectivity index (χ0) is 11.7. The van der Waals surface area contributed by atoms with Gasteiger partial charge in [-0.2, -0.15) is 0 Å². The molecule has 2 aromatic carbocycles. The van der Waals surface area contributed by atoms with Crippen molar-refractivity contribution in [2.24, 2.45) is 0 Å². The predicted molar refractivity (Wildman–Crippen MR) is 71.0 cm³/mol. The van der Waals surface area contributed by atoms with Crippen LogP contribution in [0.3, 0.4) is 0 Å². The summed E-state index contributed by atoms with van der Waals surface area (Å²) in [6.07, 6.45) is 0. The van der Waals surface area contributed by atoms with Gasteiger partial charge in [0.05, 0.1) is 5.52 Å². The van der Waals surface area contributed by atoms with Gasteiger partial charge in [-0.1, -0.05) is 35.9 Å². The molecule has 0 saturated heterocycles. The molecule has 1 aromatic heterocycles. The van der Waals surface area contributed by atoms with Crippen LogP contribution in [0.25, 0.3) is 22.2 Å². The summed E-state index contributed by atoms with van der Waals surface area (Å²) in [5.41, 5.74) is 2.72. The number of benzene rings is 2. The Morgan fingerprint density at radius 2 is 1.78 bits per heavy atom. The maximum atomic E-state index is 6.26. The Morgan fingerprint density at radius 1 is 1.00 bits per heavy atom. The molecule has 0 radical (unpaired) electrons. The molecule has 18 heavy (non-hydrogen) atoms. The summed E-state index contributed by atoms with van der Waals surface area (Å²) in [7, 11) is 0. The summed E-state index contributed by atoms with van der Waals surface area (Å²) in [5, 5.41) is 1.71. The Labute approximate surface area is 125 Å². The van der Waals surface area contributed by atoms with Crippen LogP contribution in [-0.4, -0.2) is 4.98 Å². The van der Waals surface area contributed by atoms with Gasteiger partial charge in [-0.05, 0) is 11.8 Å². The number of rotatable bonds is 1. The molecule has 3 heteroatoms. The van der Waals surface area contributed by atoms with Crippen molar-refractivity contribution in [3.63, 3.8) is 0 Å². The van der Waals surface area contributed by atoms with Gasteiger partial charge < -0.3 is 0 Å². The number of nitrogens with zero attached hydrogens (tertiary/aromatic N) is 1. The minimum atomic E-state index is 0. The smallest absolute Gasteiger partial charge is 0.0610 e. The van der Waals surface area contributed by atoms with Gasteiger partial charge in [-0.3, -0.25) is 4.98 Å². The van der Waals surface area contributed by atoms with Crippen LogP contribution >= 0.6 is 11.6 Å². The van der Waals surface area contributed by atoms with Crippen LogP contribution in [-0.2, 0) is 21.1 Å². The van der Waals surface area contributed by atoms with Crippen LogP contribution in [0.4, 0.5) is 0 Å². The molecule has 0 aliphatic rings. The number of aromatic nitrogens is 1.